The van der Waals surface area contributed by atoms with Gasteiger partial charge in [-0.05, 0) is 24.3 Å². The van der Waals surface area contributed by atoms with Crippen molar-refractivity contribution in [3.05, 3.63) is 60.7 Å². The van der Waals surface area contributed by atoms with Crippen LogP contribution in [0.2, 0.25) is 0 Å². The van der Waals surface area contributed by atoms with Gasteiger partial charge in [-0.15, -0.1) is 0 Å². The molecule has 3 rings (SSSR count). The average Bonchev–Trinajstić information content (AvgIpc) is 3.07. The minimum Gasteiger partial charge on any atom is -0.493 e. The Hall–Kier alpha value is -2.86. The lowest BCUT2D eigenvalue weighted by molar-refractivity contribution is 0.0995. The zero-order valence-corrected chi connectivity index (χ0v) is 13.8. The Balaban J connectivity index is 1.46. The van der Waals surface area contributed by atoms with Gasteiger partial charge in [-0.2, -0.15) is 0 Å². The first-order chi connectivity index (χ1) is 12.1. The highest BCUT2D eigenvalue weighted by atomic mass is 16.5. The van der Waals surface area contributed by atoms with Crippen molar-refractivity contribution in [2.24, 2.45) is 5.73 Å². The predicted molar refractivity (Wildman–Crippen MR) is 95.4 cm³/mol. The Morgan fingerprint density at radius 3 is 2.84 bits per heavy atom. The van der Waals surface area contributed by atoms with Gasteiger partial charge in [-0.1, -0.05) is 36.4 Å². The van der Waals surface area contributed by atoms with Crippen LogP contribution in [0.5, 0.6) is 5.75 Å². The molecule has 0 fully saturated rings. The third-order valence-corrected chi connectivity index (χ3v) is 4.00. The normalized spacial score (nSPS) is 12.2. The number of nitrogens with two attached hydrogens (primary N) is 1. The van der Waals surface area contributed by atoms with Gasteiger partial charge in [-0.25, -0.2) is 4.98 Å². The number of aliphatic hydroxyl groups is 1. The highest BCUT2D eigenvalue weighted by Crippen LogP contribution is 2.25. The van der Waals surface area contributed by atoms with Crippen molar-refractivity contribution in [1.82, 2.24) is 9.55 Å². The average molecular weight is 339 g/mol. The van der Waals surface area contributed by atoms with Crippen molar-refractivity contribution < 1.29 is 14.6 Å². The van der Waals surface area contributed by atoms with Gasteiger partial charge in [0.2, 0.25) is 0 Å². The Morgan fingerprint density at radius 2 is 2.04 bits per heavy atom. The first-order valence-corrected chi connectivity index (χ1v) is 8.23. The van der Waals surface area contributed by atoms with Crippen molar-refractivity contribution >= 4 is 16.7 Å². The number of carbonyl (C=O) groups excluding carboxylic acids is 1. The van der Waals surface area contributed by atoms with Crippen LogP contribution in [-0.2, 0) is 6.54 Å². The number of primary amides is 1. The number of fused-ring (bicyclic) bond motifs is 1. The molecule has 0 aliphatic heterocycles. The number of hydrogen-bond donors (Lipinski definition) is 2. The molecular weight excluding hydrogens is 318 g/mol. The predicted octanol–water partition coefficient (Wildman–Crippen LogP) is 2.36. The summed E-state index contributed by atoms with van der Waals surface area (Å²) in [6.45, 7) is 0.899. The van der Waals surface area contributed by atoms with Crippen molar-refractivity contribution in [1.29, 1.82) is 0 Å². The van der Waals surface area contributed by atoms with E-state index in [-0.39, 0.29) is 5.69 Å². The summed E-state index contributed by atoms with van der Waals surface area (Å²) in [6, 6.07) is 14.1. The lowest BCUT2D eigenvalue weighted by Gasteiger charge is -2.12. The number of aliphatic hydroxyl groups excluding tert-OH is 1. The monoisotopic (exact) mass is 339 g/mol. The topological polar surface area (TPSA) is 90.4 Å². The second kappa shape index (κ2) is 7.81. The van der Waals surface area contributed by atoms with Gasteiger partial charge in [0.05, 0.1) is 19.0 Å². The number of benzene rings is 2. The standard InChI is InChI=1S/C19H21N3O3/c20-19(24)17-12-22(13-21-17)11-15(23)7-4-10-25-18-9-3-6-14-5-1-2-8-16(14)18/h1-3,5-6,8-9,12-13,15,23H,4,7,10-11H2,(H2,20,24). The van der Waals surface area contributed by atoms with E-state index in [0.29, 0.717) is 19.6 Å². The van der Waals surface area contributed by atoms with Crippen LogP contribution < -0.4 is 10.5 Å². The van der Waals surface area contributed by atoms with Crippen LogP contribution >= 0.6 is 0 Å². The summed E-state index contributed by atoms with van der Waals surface area (Å²) in [5, 5.41) is 12.3. The summed E-state index contributed by atoms with van der Waals surface area (Å²) in [6.07, 6.45) is 3.82. The first-order valence-electron chi connectivity index (χ1n) is 8.23. The molecule has 1 aromatic heterocycles. The van der Waals surface area contributed by atoms with Crippen LogP contribution in [0.4, 0.5) is 0 Å². The molecule has 0 aliphatic carbocycles. The van der Waals surface area contributed by atoms with Gasteiger partial charge in [0.1, 0.15) is 11.4 Å². The van der Waals surface area contributed by atoms with Crippen LogP contribution in [0.25, 0.3) is 10.8 Å². The molecule has 2 aromatic carbocycles. The second-order valence-corrected chi connectivity index (χ2v) is 5.94. The quantitative estimate of drug-likeness (QED) is 0.616. The second-order valence-electron chi connectivity index (χ2n) is 5.94. The third-order valence-electron chi connectivity index (χ3n) is 4.00. The summed E-state index contributed by atoms with van der Waals surface area (Å²) in [7, 11) is 0. The van der Waals surface area contributed by atoms with E-state index in [1.54, 1.807) is 4.57 Å². The zero-order valence-electron chi connectivity index (χ0n) is 13.8. The Morgan fingerprint density at radius 1 is 1.24 bits per heavy atom. The fourth-order valence-corrected chi connectivity index (χ4v) is 2.74. The maximum atomic E-state index is 11.0. The summed E-state index contributed by atoms with van der Waals surface area (Å²) in [5.74, 6) is 0.282. The summed E-state index contributed by atoms with van der Waals surface area (Å²) in [4.78, 5) is 14.9. The minimum atomic E-state index is -0.572. The Bertz CT molecular complexity index is 855. The molecular formula is C19H21N3O3. The number of rotatable bonds is 8. The SMILES string of the molecule is NC(=O)c1cn(CC(O)CCCOc2cccc3ccccc23)cn1. The molecule has 25 heavy (non-hydrogen) atoms. The molecule has 1 unspecified atom stereocenters. The molecule has 0 bridgehead atoms. The van der Waals surface area contributed by atoms with E-state index in [1.165, 1.54) is 12.5 Å². The van der Waals surface area contributed by atoms with Crippen LogP contribution in [0.1, 0.15) is 23.3 Å². The van der Waals surface area contributed by atoms with E-state index < -0.39 is 12.0 Å². The Labute approximate surface area is 145 Å². The summed E-state index contributed by atoms with van der Waals surface area (Å²) in [5.41, 5.74) is 5.36. The van der Waals surface area contributed by atoms with Crippen LogP contribution in [0, 0.1) is 0 Å². The van der Waals surface area contributed by atoms with Crippen LogP contribution in [0.3, 0.4) is 0 Å². The van der Waals surface area contributed by atoms with E-state index in [4.69, 9.17) is 10.5 Å². The molecule has 3 aromatic rings. The summed E-state index contributed by atoms with van der Waals surface area (Å²) < 4.78 is 7.53. The minimum absolute atomic E-state index is 0.200. The molecule has 0 spiro atoms. The molecule has 6 nitrogen and oxygen atoms in total. The molecule has 0 radical (unpaired) electrons. The molecule has 6 heteroatoms. The van der Waals surface area contributed by atoms with Crippen molar-refractivity contribution in [2.45, 2.75) is 25.5 Å². The van der Waals surface area contributed by atoms with Gasteiger partial charge in [0, 0.05) is 18.1 Å². The molecule has 0 aliphatic rings. The van der Waals surface area contributed by atoms with E-state index in [2.05, 4.69) is 17.1 Å². The van der Waals surface area contributed by atoms with E-state index in [1.807, 2.05) is 30.3 Å². The van der Waals surface area contributed by atoms with Crippen LogP contribution in [0.15, 0.2) is 55.0 Å². The van der Waals surface area contributed by atoms with Crippen molar-refractivity contribution in [3.8, 4) is 5.75 Å². The molecule has 1 amide bonds. The molecule has 130 valence electrons. The maximum absolute atomic E-state index is 11.0. The highest BCUT2D eigenvalue weighted by Gasteiger charge is 2.09. The molecule has 1 atom stereocenters. The van der Waals surface area contributed by atoms with Gasteiger partial charge in [0.15, 0.2) is 0 Å². The Kier molecular flexibility index (Phi) is 5.30. The lowest BCUT2D eigenvalue weighted by atomic mass is 10.1. The molecule has 1 heterocycles. The summed E-state index contributed by atoms with van der Waals surface area (Å²) >= 11 is 0. The third kappa shape index (κ3) is 4.36. The lowest BCUT2D eigenvalue weighted by Crippen LogP contribution is -2.16. The zero-order chi connectivity index (χ0) is 17.6. The molecule has 0 saturated carbocycles. The fraction of sp³-hybridized carbons (Fsp3) is 0.263. The highest BCUT2D eigenvalue weighted by molar-refractivity contribution is 5.90. The van der Waals surface area contributed by atoms with Crippen LogP contribution in [-0.4, -0.2) is 33.3 Å². The first kappa shape index (κ1) is 17.0. The number of nitrogens with zero attached hydrogens (tertiary/aromatic N) is 2. The van der Waals surface area contributed by atoms with Crippen molar-refractivity contribution in [3.63, 3.8) is 0 Å². The van der Waals surface area contributed by atoms with Gasteiger partial charge >= 0.3 is 0 Å². The number of ether oxygens (including phenoxy) is 1. The number of hydrogen-bond acceptors (Lipinski definition) is 4. The number of carbonyl (C=O) groups is 1. The molecule has 3 N–H and O–H groups in total. The van der Waals surface area contributed by atoms with E-state index in [9.17, 15) is 9.90 Å². The van der Waals surface area contributed by atoms with Gasteiger partial charge in [0.25, 0.3) is 5.91 Å². The fourth-order valence-electron chi connectivity index (χ4n) is 2.74. The maximum Gasteiger partial charge on any atom is 0.268 e. The van der Waals surface area contributed by atoms with E-state index in [0.717, 1.165) is 22.9 Å². The van der Waals surface area contributed by atoms with Gasteiger partial charge in [-0.3, -0.25) is 4.79 Å². The number of aromatic nitrogens is 2. The van der Waals surface area contributed by atoms with Crippen molar-refractivity contribution in [2.75, 3.05) is 6.61 Å². The number of amides is 1. The molecule has 0 saturated heterocycles. The number of imidazole rings is 1. The largest absolute Gasteiger partial charge is 0.493 e. The van der Waals surface area contributed by atoms with Gasteiger partial charge < -0.3 is 20.1 Å². The van der Waals surface area contributed by atoms with E-state index >= 15 is 0 Å². The smallest absolute Gasteiger partial charge is 0.268 e.